The van der Waals surface area contributed by atoms with E-state index in [4.69, 9.17) is 5.11 Å². The first kappa shape index (κ1) is 15.2. The highest BCUT2D eigenvalue weighted by molar-refractivity contribution is 7.09. The number of hydrogen-bond donors (Lipinski definition) is 3. The fourth-order valence-electron chi connectivity index (χ4n) is 1.73. The lowest BCUT2D eigenvalue weighted by Gasteiger charge is -2.12. The van der Waals surface area contributed by atoms with E-state index in [-0.39, 0.29) is 5.69 Å². The second-order valence-corrected chi connectivity index (χ2v) is 5.35. The standard InChI is InChI=1S/C13H15N3O4S/c1-7-15-11(6-21-7)8-3-9(14-4-8)12(18)16-10(5-17)13(19)20-2/h3-4,6,10,14,17H,5H2,1-2H3,(H,16,18). The number of esters is 1. The van der Waals surface area contributed by atoms with Crippen LogP contribution in [0.5, 0.6) is 0 Å². The van der Waals surface area contributed by atoms with Crippen LogP contribution in [0.3, 0.4) is 0 Å². The number of aromatic amines is 1. The number of nitrogens with zero attached hydrogens (tertiary/aromatic N) is 1. The van der Waals surface area contributed by atoms with Gasteiger partial charge < -0.3 is 20.1 Å². The average Bonchev–Trinajstić information content (AvgIpc) is 3.12. The predicted octanol–water partition coefficient (Wildman–Crippen LogP) is 0.710. The molecule has 0 aliphatic heterocycles. The summed E-state index contributed by atoms with van der Waals surface area (Å²) in [5.74, 6) is -1.20. The molecule has 1 unspecified atom stereocenters. The van der Waals surface area contributed by atoms with Crippen molar-refractivity contribution in [3.63, 3.8) is 0 Å². The monoisotopic (exact) mass is 309 g/mol. The molecular formula is C13H15N3O4S. The molecule has 112 valence electrons. The summed E-state index contributed by atoms with van der Waals surface area (Å²) in [6.07, 6.45) is 1.66. The normalized spacial score (nSPS) is 12.0. The number of ether oxygens (including phenoxy) is 1. The summed E-state index contributed by atoms with van der Waals surface area (Å²) in [7, 11) is 1.19. The van der Waals surface area contributed by atoms with Crippen molar-refractivity contribution in [1.29, 1.82) is 0 Å². The maximum absolute atomic E-state index is 12.0. The van der Waals surface area contributed by atoms with E-state index < -0.39 is 24.5 Å². The van der Waals surface area contributed by atoms with Crippen LogP contribution in [0, 0.1) is 6.92 Å². The van der Waals surface area contributed by atoms with Crippen LogP contribution >= 0.6 is 11.3 Å². The van der Waals surface area contributed by atoms with Crippen molar-refractivity contribution in [3.05, 3.63) is 28.3 Å². The number of carbonyl (C=O) groups is 2. The number of aliphatic hydroxyl groups is 1. The third-order valence-electron chi connectivity index (χ3n) is 2.82. The van der Waals surface area contributed by atoms with Crippen molar-refractivity contribution < 1.29 is 19.4 Å². The molecule has 2 aromatic rings. The Bertz CT molecular complexity index is 649. The molecule has 0 bridgehead atoms. The van der Waals surface area contributed by atoms with Crippen LogP contribution < -0.4 is 5.32 Å². The molecule has 0 saturated heterocycles. The summed E-state index contributed by atoms with van der Waals surface area (Å²) in [6.45, 7) is 1.37. The Balaban J connectivity index is 2.10. The van der Waals surface area contributed by atoms with Gasteiger partial charge in [-0.05, 0) is 13.0 Å². The highest BCUT2D eigenvalue weighted by atomic mass is 32.1. The summed E-state index contributed by atoms with van der Waals surface area (Å²) in [6, 6.07) is 0.547. The minimum absolute atomic E-state index is 0.276. The molecule has 0 aliphatic rings. The van der Waals surface area contributed by atoms with Crippen LogP contribution in [0.2, 0.25) is 0 Å². The Labute approximate surface area is 125 Å². The number of nitrogens with one attached hydrogen (secondary N) is 2. The number of carbonyl (C=O) groups excluding carboxylic acids is 2. The number of rotatable bonds is 5. The highest BCUT2D eigenvalue weighted by Crippen LogP contribution is 2.22. The molecule has 0 radical (unpaired) electrons. The molecule has 8 heteroatoms. The smallest absolute Gasteiger partial charge is 0.330 e. The van der Waals surface area contributed by atoms with Gasteiger partial charge in [-0.25, -0.2) is 9.78 Å². The summed E-state index contributed by atoms with van der Waals surface area (Å²) in [5, 5.41) is 14.3. The molecule has 2 heterocycles. The number of thiazole rings is 1. The zero-order chi connectivity index (χ0) is 15.4. The third kappa shape index (κ3) is 3.47. The number of aliphatic hydroxyl groups excluding tert-OH is 1. The van der Waals surface area contributed by atoms with Crippen LogP contribution in [0.25, 0.3) is 11.3 Å². The maximum atomic E-state index is 12.0. The molecule has 3 N–H and O–H groups in total. The van der Waals surface area contributed by atoms with Gasteiger partial charge in [-0.2, -0.15) is 0 Å². The van der Waals surface area contributed by atoms with Gasteiger partial charge in [-0.3, -0.25) is 4.79 Å². The maximum Gasteiger partial charge on any atom is 0.330 e. The lowest BCUT2D eigenvalue weighted by molar-refractivity contribution is -0.143. The van der Waals surface area contributed by atoms with E-state index in [1.165, 1.54) is 18.4 Å². The molecule has 0 fully saturated rings. The molecule has 0 saturated carbocycles. The van der Waals surface area contributed by atoms with Gasteiger partial charge in [-0.15, -0.1) is 11.3 Å². The van der Waals surface area contributed by atoms with Crippen molar-refractivity contribution in [2.75, 3.05) is 13.7 Å². The molecule has 0 aliphatic carbocycles. The Hall–Kier alpha value is -2.19. The largest absolute Gasteiger partial charge is 0.467 e. The zero-order valence-corrected chi connectivity index (χ0v) is 12.4. The van der Waals surface area contributed by atoms with E-state index in [1.807, 2.05) is 12.3 Å². The van der Waals surface area contributed by atoms with E-state index >= 15 is 0 Å². The molecule has 0 aromatic carbocycles. The fraction of sp³-hybridized carbons (Fsp3) is 0.308. The van der Waals surface area contributed by atoms with Gasteiger partial charge in [-0.1, -0.05) is 0 Å². The molecule has 0 spiro atoms. The topological polar surface area (TPSA) is 104 Å². The van der Waals surface area contributed by atoms with Crippen molar-refractivity contribution >= 4 is 23.2 Å². The minimum atomic E-state index is -1.09. The Morgan fingerprint density at radius 2 is 2.33 bits per heavy atom. The number of methoxy groups -OCH3 is 1. The molecule has 7 nitrogen and oxygen atoms in total. The Morgan fingerprint density at radius 3 is 2.90 bits per heavy atom. The van der Waals surface area contributed by atoms with Crippen LogP contribution in [0.4, 0.5) is 0 Å². The van der Waals surface area contributed by atoms with Gasteiger partial charge >= 0.3 is 5.97 Å². The first-order chi connectivity index (χ1) is 10.0. The average molecular weight is 309 g/mol. The van der Waals surface area contributed by atoms with Crippen LogP contribution in [-0.2, 0) is 9.53 Å². The molecular weight excluding hydrogens is 294 g/mol. The fourth-order valence-corrected chi connectivity index (χ4v) is 2.35. The van der Waals surface area contributed by atoms with E-state index in [2.05, 4.69) is 20.0 Å². The SMILES string of the molecule is COC(=O)C(CO)NC(=O)c1cc(-c2csc(C)n2)c[nH]1. The molecule has 1 atom stereocenters. The zero-order valence-electron chi connectivity index (χ0n) is 11.5. The molecule has 21 heavy (non-hydrogen) atoms. The minimum Gasteiger partial charge on any atom is -0.467 e. The lowest BCUT2D eigenvalue weighted by Crippen LogP contribution is -2.44. The van der Waals surface area contributed by atoms with Gasteiger partial charge in [0.15, 0.2) is 6.04 Å². The first-order valence-corrected chi connectivity index (χ1v) is 7.03. The second-order valence-electron chi connectivity index (χ2n) is 4.29. The van der Waals surface area contributed by atoms with Gasteiger partial charge in [0.2, 0.25) is 0 Å². The lowest BCUT2D eigenvalue weighted by atomic mass is 10.2. The quantitative estimate of drug-likeness (QED) is 0.706. The highest BCUT2D eigenvalue weighted by Gasteiger charge is 2.22. The van der Waals surface area contributed by atoms with E-state index in [1.54, 1.807) is 12.3 Å². The van der Waals surface area contributed by atoms with Crippen LogP contribution in [-0.4, -0.2) is 46.7 Å². The van der Waals surface area contributed by atoms with E-state index in [0.29, 0.717) is 0 Å². The second kappa shape index (κ2) is 6.51. The van der Waals surface area contributed by atoms with Gasteiger partial charge in [0.1, 0.15) is 5.69 Å². The van der Waals surface area contributed by atoms with Crippen molar-refractivity contribution in [2.45, 2.75) is 13.0 Å². The van der Waals surface area contributed by atoms with E-state index in [0.717, 1.165) is 16.3 Å². The molecule has 2 aromatic heterocycles. The van der Waals surface area contributed by atoms with Gasteiger partial charge in [0.05, 0.1) is 24.4 Å². The Kier molecular flexibility index (Phi) is 4.71. The predicted molar refractivity (Wildman–Crippen MR) is 77.0 cm³/mol. The van der Waals surface area contributed by atoms with Crippen molar-refractivity contribution in [1.82, 2.24) is 15.3 Å². The van der Waals surface area contributed by atoms with Crippen molar-refractivity contribution in [2.24, 2.45) is 0 Å². The number of amides is 1. The first-order valence-electron chi connectivity index (χ1n) is 6.15. The summed E-state index contributed by atoms with van der Waals surface area (Å²) >= 11 is 1.52. The number of hydrogen-bond acceptors (Lipinski definition) is 6. The summed E-state index contributed by atoms with van der Waals surface area (Å²) in [5.41, 5.74) is 1.83. The van der Waals surface area contributed by atoms with Gasteiger partial charge in [0, 0.05) is 17.1 Å². The summed E-state index contributed by atoms with van der Waals surface area (Å²) < 4.78 is 4.48. The van der Waals surface area contributed by atoms with Crippen molar-refractivity contribution in [3.8, 4) is 11.3 Å². The van der Waals surface area contributed by atoms with E-state index in [9.17, 15) is 9.59 Å². The molecule has 2 rings (SSSR count). The van der Waals surface area contributed by atoms with Crippen LogP contribution in [0.1, 0.15) is 15.5 Å². The number of aryl methyl sites for hydroxylation is 1. The number of aromatic nitrogens is 2. The summed E-state index contributed by atoms with van der Waals surface area (Å²) in [4.78, 5) is 30.5. The van der Waals surface area contributed by atoms with Gasteiger partial charge in [0.25, 0.3) is 5.91 Å². The Morgan fingerprint density at radius 1 is 1.57 bits per heavy atom. The van der Waals surface area contributed by atoms with Crippen LogP contribution in [0.15, 0.2) is 17.6 Å². The third-order valence-corrected chi connectivity index (χ3v) is 3.59. The molecule has 1 amide bonds. The number of H-pyrrole nitrogens is 1.